The molecule has 0 bridgehead atoms. The fourth-order valence-corrected chi connectivity index (χ4v) is 3.09. The van der Waals surface area contributed by atoms with Crippen LogP contribution in [0.3, 0.4) is 0 Å². The van der Waals surface area contributed by atoms with E-state index in [-0.39, 0.29) is 16.9 Å². The van der Waals surface area contributed by atoms with Gasteiger partial charge in [-0.15, -0.1) is 0 Å². The minimum Gasteiger partial charge on any atom is -0.347 e. The Morgan fingerprint density at radius 2 is 1.88 bits per heavy atom. The first kappa shape index (κ1) is 17.0. The van der Waals surface area contributed by atoms with E-state index < -0.39 is 0 Å². The van der Waals surface area contributed by atoms with Crippen LogP contribution in [0.1, 0.15) is 44.7 Å². The number of rotatable bonds is 3. The average Bonchev–Trinajstić information content (AvgIpc) is 2.96. The highest BCUT2D eigenvalue weighted by Gasteiger charge is 2.37. The van der Waals surface area contributed by atoms with Crippen LogP contribution in [0, 0.1) is 0 Å². The smallest absolute Gasteiger partial charge is 0.269 e. The molecule has 5 heteroatoms. The van der Waals surface area contributed by atoms with Gasteiger partial charge in [-0.25, -0.2) is 0 Å². The Morgan fingerprint density at radius 3 is 2.50 bits per heavy atom. The summed E-state index contributed by atoms with van der Waals surface area (Å²) in [4.78, 5) is 18.0. The van der Waals surface area contributed by atoms with E-state index in [9.17, 15) is 4.79 Å². The van der Waals surface area contributed by atoms with Crippen LogP contribution in [-0.4, -0.2) is 24.6 Å². The minimum absolute atomic E-state index is 0.120. The highest BCUT2D eigenvalue weighted by Crippen LogP contribution is 2.29. The molecule has 1 fully saturated rings. The molecule has 2 aliphatic heterocycles. The average molecular weight is 329 g/mol. The van der Waals surface area contributed by atoms with Gasteiger partial charge in [0.1, 0.15) is 11.3 Å². The van der Waals surface area contributed by atoms with E-state index in [1.54, 1.807) is 0 Å². The third kappa shape index (κ3) is 3.79. The SMILES string of the molecule is CC(C)(C)c1ccc(CNC(=O)C2=CC3(CCNCC3)ON2)cc1. The maximum Gasteiger partial charge on any atom is 0.269 e. The third-order valence-corrected chi connectivity index (χ3v) is 4.74. The quantitative estimate of drug-likeness (QED) is 0.795. The highest BCUT2D eigenvalue weighted by atomic mass is 16.7. The lowest BCUT2D eigenvalue weighted by molar-refractivity contribution is -0.120. The number of carbonyl (C=O) groups is 1. The van der Waals surface area contributed by atoms with E-state index in [1.165, 1.54) is 5.56 Å². The van der Waals surface area contributed by atoms with Crippen molar-refractivity contribution in [3.05, 3.63) is 47.2 Å². The Bertz CT molecular complexity index is 623. The third-order valence-electron chi connectivity index (χ3n) is 4.74. The molecule has 0 atom stereocenters. The molecule has 130 valence electrons. The van der Waals surface area contributed by atoms with Gasteiger partial charge in [0.25, 0.3) is 5.91 Å². The lowest BCUT2D eigenvalue weighted by atomic mass is 9.87. The van der Waals surface area contributed by atoms with Gasteiger partial charge in [-0.3, -0.25) is 15.1 Å². The maximum atomic E-state index is 12.3. The minimum atomic E-state index is -0.327. The predicted octanol–water partition coefficient (Wildman–Crippen LogP) is 2.14. The first-order chi connectivity index (χ1) is 11.4. The first-order valence-electron chi connectivity index (χ1n) is 8.63. The van der Waals surface area contributed by atoms with Gasteiger partial charge < -0.3 is 10.6 Å². The topological polar surface area (TPSA) is 62.4 Å². The van der Waals surface area contributed by atoms with Crippen molar-refractivity contribution in [1.29, 1.82) is 0 Å². The lowest BCUT2D eigenvalue weighted by Crippen LogP contribution is -2.42. The second-order valence-electron chi connectivity index (χ2n) is 7.71. The number of nitrogens with one attached hydrogen (secondary N) is 3. The van der Waals surface area contributed by atoms with E-state index in [4.69, 9.17) is 4.84 Å². The van der Waals surface area contributed by atoms with E-state index in [0.29, 0.717) is 12.2 Å². The van der Waals surface area contributed by atoms with Crippen molar-refractivity contribution in [2.24, 2.45) is 0 Å². The second-order valence-corrected chi connectivity index (χ2v) is 7.71. The second kappa shape index (κ2) is 6.57. The summed E-state index contributed by atoms with van der Waals surface area (Å²) < 4.78 is 0. The summed E-state index contributed by atoms with van der Waals surface area (Å²) in [5.74, 6) is -0.120. The van der Waals surface area contributed by atoms with Gasteiger partial charge in [-0.1, -0.05) is 45.0 Å². The van der Waals surface area contributed by atoms with Crippen LogP contribution >= 0.6 is 0 Å². The van der Waals surface area contributed by atoms with Gasteiger partial charge in [-0.2, -0.15) is 0 Å². The number of hydroxylamine groups is 1. The predicted molar refractivity (Wildman–Crippen MR) is 94.1 cm³/mol. The van der Waals surface area contributed by atoms with Crippen molar-refractivity contribution in [2.45, 2.75) is 51.2 Å². The molecule has 3 N–H and O–H groups in total. The molecule has 1 saturated heterocycles. The van der Waals surface area contributed by atoms with Crippen molar-refractivity contribution >= 4 is 5.91 Å². The zero-order chi connectivity index (χ0) is 17.2. The Morgan fingerprint density at radius 1 is 1.21 bits per heavy atom. The van der Waals surface area contributed by atoms with Gasteiger partial charge in [0.05, 0.1) is 0 Å². The molecule has 5 nitrogen and oxygen atoms in total. The Labute approximate surface area is 143 Å². The molecule has 24 heavy (non-hydrogen) atoms. The van der Waals surface area contributed by atoms with Gasteiger partial charge in [0.2, 0.25) is 0 Å². The highest BCUT2D eigenvalue weighted by molar-refractivity contribution is 5.93. The van der Waals surface area contributed by atoms with Crippen molar-refractivity contribution in [3.8, 4) is 0 Å². The molecular formula is C19H27N3O2. The van der Waals surface area contributed by atoms with Crippen LogP contribution in [0.25, 0.3) is 0 Å². The lowest BCUT2D eigenvalue weighted by Gasteiger charge is -2.29. The van der Waals surface area contributed by atoms with E-state index in [1.807, 2.05) is 6.08 Å². The van der Waals surface area contributed by atoms with Crippen molar-refractivity contribution in [3.63, 3.8) is 0 Å². The first-order valence-corrected chi connectivity index (χ1v) is 8.63. The van der Waals surface area contributed by atoms with Gasteiger partial charge >= 0.3 is 0 Å². The number of carbonyl (C=O) groups excluding carboxylic acids is 1. The summed E-state index contributed by atoms with van der Waals surface area (Å²) in [5.41, 5.74) is 5.51. The molecule has 0 aliphatic carbocycles. The molecule has 1 amide bonds. The largest absolute Gasteiger partial charge is 0.347 e. The summed E-state index contributed by atoms with van der Waals surface area (Å²) in [5, 5.41) is 6.26. The van der Waals surface area contributed by atoms with Crippen LogP contribution in [0.4, 0.5) is 0 Å². The van der Waals surface area contributed by atoms with Gasteiger partial charge in [0, 0.05) is 6.54 Å². The van der Waals surface area contributed by atoms with Crippen LogP contribution in [0.5, 0.6) is 0 Å². The standard InChI is InChI=1S/C19H27N3O2/c1-18(2,3)15-6-4-14(5-7-15)13-21-17(23)16-12-19(24-22-16)8-10-20-11-9-19/h4-7,12,20,22H,8-11,13H2,1-3H3,(H,21,23). The number of benzene rings is 1. The van der Waals surface area contributed by atoms with E-state index >= 15 is 0 Å². The van der Waals surface area contributed by atoms with Gasteiger partial charge in [-0.05, 0) is 48.5 Å². The van der Waals surface area contributed by atoms with Crippen molar-refractivity contribution in [2.75, 3.05) is 13.1 Å². The summed E-state index contributed by atoms with van der Waals surface area (Å²) >= 11 is 0. The molecule has 0 saturated carbocycles. The fraction of sp³-hybridized carbons (Fsp3) is 0.526. The van der Waals surface area contributed by atoms with Crippen LogP contribution in [-0.2, 0) is 21.6 Å². The van der Waals surface area contributed by atoms with Crippen molar-refractivity contribution in [1.82, 2.24) is 16.1 Å². The zero-order valence-electron chi connectivity index (χ0n) is 14.7. The molecule has 0 radical (unpaired) electrons. The van der Waals surface area contributed by atoms with Crippen LogP contribution in [0.15, 0.2) is 36.0 Å². The molecule has 1 aromatic rings. The summed E-state index contributed by atoms with van der Waals surface area (Å²) in [7, 11) is 0. The fourth-order valence-electron chi connectivity index (χ4n) is 3.09. The number of piperidine rings is 1. The molecular weight excluding hydrogens is 302 g/mol. The maximum absolute atomic E-state index is 12.3. The summed E-state index contributed by atoms with van der Waals surface area (Å²) in [6, 6.07) is 8.40. The van der Waals surface area contributed by atoms with E-state index in [0.717, 1.165) is 31.5 Å². The molecule has 3 rings (SSSR count). The Hall–Kier alpha value is -1.85. The summed E-state index contributed by atoms with van der Waals surface area (Å²) in [6.45, 7) is 8.91. The molecule has 0 unspecified atom stereocenters. The molecule has 1 spiro atoms. The van der Waals surface area contributed by atoms with Crippen LogP contribution < -0.4 is 16.1 Å². The Balaban J connectivity index is 1.57. The molecule has 2 aliphatic rings. The molecule has 0 aromatic heterocycles. The number of amides is 1. The molecule has 1 aromatic carbocycles. The Kier molecular flexibility index (Phi) is 4.65. The van der Waals surface area contributed by atoms with Gasteiger partial charge in [0.15, 0.2) is 0 Å². The normalized spacial score (nSPS) is 19.7. The monoisotopic (exact) mass is 329 g/mol. The summed E-state index contributed by atoms with van der Waals surface area (Å²) in [6.07, 6.45) is 3.70. The zero-order valence-corrected chi connectivity index (χ0v) is 14.7. The van der Waals surface area contributed by atoms with Crippen molar-refractivity contribution < 1.29 is 9.63 Å². The molecule has 2 heterocycles. The van der Waals surface area contributed by atoms with Crippen LogP contribution in [0.2, 0.25) is 0 Å². The number of hydrogen-bond donors (Lipinski definition) is 3. The number of hydrogen-bond acceptors (Lipinski definition) is 4. The van der Waals surface area contributed by atoms with E-state index in [2.05, 4.69) is 61.2 Å².